The molecule has 2 aromatic rings. The second-order valence-corrected chi connectivity index (χ2v) is 3.59. The van der Waals surface area contributed by atoms with Gasteiger partial charge in [-0.2, -0.15) is 0 Å². The van der Waals surface area contributed by atoms with E-state index in [2.05, 4.69) is 9.97 Å². The quantitative estimate of drug-likeness (QED) is 0.833. The van der Waals surface area contributed by atoms with Gasteiger partial charge in [0.25, 0.3) is 5.56 Å². The van der Waals surface area contributed by atoms with Gasteiger partial charge in [0.2, 0.25) is 0 Å². The van der Waals surface area contributed by atoms with E-state index in [9.17, 15) is 9.59 Å². The largest absolute Gasteiger partial charge is 0.328 e. The van der Waals surface area contributed by atoms with Crippen LogP contribution in [0.4, 0.5) is 0 Å². The molecule has 5 nitrogen and oxygen atoms in total. The van der Waals surface area contributed by atoms with Crippen LogP contribution in [0.25, 0.3) is 0 Å². The van der Waals surface area contributed by atoms with E-state index in [1.807, 2.05) is 6.07 Å². The minimum Gasteiger partial charge on any atom is -0.293 e. The summed E-state index contributed by atoms with van der Waals surface area (Å²) in [5.74, 6) is 0. The Morgan fingerprint density at radius 2 is 2.19 bits per heavy atom. The van der Waals surface area contributed by atoms with Crippen molar-refractivity contribution in [2.75, 3.05) is 0 Å². The van der Waals surface area contributed by atoms with E-state index in [1.54, 1.807) is 18.3 Å². The Morgan fingerprint density at radius 3 is 2.88 bits per heavy atom. The summed E-state index contributed by atoms with van der Waals surface area (Å²) in [5.41, 5.74) is -0.364. The maximum atomic E-state index is 11.4. The van der Waals surface area contributed by atoms with Gasteiger partial charge in [0.05, 0.1) is 12.2 Å². The van der Waals surface area contributed by atoms with Crippen molar-refractivity contribution in [1.29, 1.82) is 0 Å². The molecule has 6 heteroatoms. The fourth-order valence-corrected chi connectivity index (χ4v) is 1.43. The van der Waals surface area contributed by atoms with Crippen molar-refractivity contribution >= 4 is 11.6 Å². The normalized spacial score (nSPS) is 10.3. The number of H-pyrrole nitrogens is 1. The van der Waals surface area contributed by atoms with E-state index in [0.29, 0.717) is 5.69 Å². The molecule has 0 aliphatic heterocycles. The molecular formula is C10H8ClN3O2. The van der Waals surface area contributed by atoms with Gasteiger partial charge in [-0.3, -0.25) is 19.3 Å². The average molecular weight is 238 g/mol. The zero-order chi connectivity index (χ0) is 11.5. The number of rotatable bonds is 2. The lowest BCUT2D eigenvalue weighted by molar-refractivity contribution is 0.705. The standard InChI is InChI=1S/C10H8ClN3O2/c11-8-6-14(10(16)13-9(8)15)5-7-3-1-2-4-12-7/h1-4,6H,5H2,(H,13,15,16). The summed E-state index contributed by atoms with van der Waals surface area (Å²) in [6.45, 7) is 0.274. The summed E-state index contributed by atoms with van der Waals surface area (Å²) < 4.78 is 1.30. The molecule has 0 amide bonds. The molecule has 0 aromatic carbocycles. The first-order chi connectivity index (χ1) is 7.66. The summed E-state index contributed by atoms with van der Waals surface area (Å²) in [6.07, 6.45) is 2.94. The van der Waals surface area contributed by atoms with Crippen molar-refractivity contribution < 1.29 is 0 Å². The van der Waals surface area contributed by atoms with Gasteiger partial charge in [-0.25, -0.2) is 4.79 Å². The summed E-state index contributed by atoms with van der Waals surface area (Å²) in [4.78, 5) is 28.6. The third kappa shape index (κ3) is 2.20. The van der Waals surface area contributed by atoms with Crippen LogP contribution in [-0.2, 0) is 6.54 Å². The van der Waals surface area contributed by atoms with Gasteiger partial charge in [0.15, 0.2) is 0 Å². The van der Waals surface area contributed by atoms with Crippen molar-refractivity contribution in [1.82, 2.24) is 14.5 Å². The highest BCUT2D eigenvalue weighted by molar-refractivity contribution is 6.30. The molecule has 0 radical (unpaired) electrons. The lowest BCUT2D eigenvalue weighted by atomic mass is 10.3. The molecule has 0 unspecified atom stereocenters. The number of nitrogens with zero attached hydrogens (tertiary/aromatic N) is 2. The fraction of sp³-hybridized carbons (Fsp3) is 0.100. The Kier molecular flexibility index (Phi) is 2.87. The molecule has 0 aliphatic rings. The van der Waals surface area contributed by atoms with Gasteiger partial charge in [0.1, 0.15) is 5.02 Å². The van der Waals surface area contributed by atoms with Crippen molar-refractivity contribution in [3.05, 3.63) is 62.1 Å². The molecular weight excluding hydrogens is 230 g/mol. The monoisotopic (exact) mass is 237 g/mol. The first kappa shape index (κ1) is 10.6. The number of pyridine rings is 1. The molecule has 0 saturated heterocycles. The Bertz CT molecular complexity index is 603. The van der Waals surface area contributed by atoms with Crippen LogP contribution in [0.3, 0.4) is 0 Å². The zero-order valence-corrected chi connectivity index (χ0v) is 8.94. The number of aromatic nitrogens is 3. The lowest BCUT2D eigenvalue weighted by Crippen LogP contribution is -2.30. The SMILES string of the molecule is O=c1[nH]c(=O)n(Cc2ccccn2)cc1Cl. The van der Waals surface area contributed by atoms with E-state index in [4.69, 9.17) is 11.6 Å². The molecule has 0 spiro atoms. The molecule has 16 heavy (non-hydrogen) atoms. The number of hydrogen-bond donors (Lipinski definition) is 1. The van der Waals surface area contributed by atoms with E-state index in [0.717, 1.165) is 0 Å². The first-order valence-electron chi connectivity index (χ1n) is 4.56. The molecule has 2 rings (SSSR count). The van der Waals surface area contributed by atoms with Crippen molar-refractivity contribution in [3.8, 4) is 0 Å². The summed E-state index contributed by atoms with van der Waals surface area (Å²) in [5, 5.41) is -0.0180. The second-order valence-electron chi connectivity index (χ2n) is 3.19. The smallest absolute Gasteiger partial charge is 0.293 e. The van der Waals surface area contributed by atoms with Crippen molar-refractivity contribution in [3.63, 3.8) is 0 Å². The minimum absolute atomic E-state index is 0.0180. The van der Waals surface area contributed by atoms with Crippen LogP contribution >= 0.6 is 11.6 Å². The van der Waals surface area contributed by atoms with Gasteiger partial charge >= 0.3 is 5.69 Å². The van der Waals surface area contributed by atoms with Crippen molar-refractivity contribution in [2.45, 2.75) is 6.54 Å². The Balaban J connectivity index is 2.40. The molecule has 0 saturated carbocycles. The summed E-state index contributed by atoms with van der Waals surface area (Å²) in [6, 6.07) is 5.39. The molecule has 1 N–H and O–H groups in total. The number of halogens is 1. The first-order valence-corrected chi connectivity index (χ1v) is 4.94. The highest BCUT2D eigenvalue weighted by atomic mass is 35.5. The van der Waals surface area contributed by atoms with Gasteiger partial charge in [-0.1, -0.05) is 17.7 Å². The number of nitrogens with one attached hydrogen (secondary N) is 1. The average Bonchev–Trinajstić information content (AvgIpc) is 2.27. The molecule has 2 aromatic heterocycles. The van der Waals surface area contributed by atoms with E-state index in [-0.39, 0.29) is 11.6 Å². The third-order valence-corrected chi connectivity index (χ3v) is 2.30. The molecule has 0 fully saturated rings. The maximum Gasteiger partial charge on any atom is 0.328 e. The Morgan fingerprint density at radius 1 is 1.38 bits per heavy atom. The highest BCUT2D eigenvalue weighted by Crippen LogP contribution is 1.99. The predicted molar refractivity (Wildman–Crippen MR) is 59.7 cm³/mol. The van der Waals surface area contributed by atoms with E-state index >= 15 is 0 Å². The van der Waals surface area contributed by atoms with Crippen LogP contribution in [0.15, 0.2) is 40.2 Å². The second kappa shape index (κ2) is 4.32. The predicted octanol–water partition coefficient (Wildman–Crippen LogP) is 0.633. The van der Waals surface area contributed by atoms with Gasteiger partial charge in [0, 0.05) is 12.4 Å². The van der Waals surface area contributed by atoms with Crippen LogP contribution < -0.4 is 11.2 Å². The number of aromatic amines is 1. The third-order valence-electron chi connectivity index (χ3n) is 2.03. The van der Waals surface area contributed by atoms with Crippen molar-refractivity contribution in [2.24, 2.45) is 0 Å². The van der Waals surface area contributed by atoms with Crippen LogP contribution in [0.5, 0.6) is 0 Å². The van der Waals surface area contributed by atoms with Gasteiger partial charge in [-0.15, -0.1) is 0 Å². The van der Waals surface area contributed by atoms with Crippen LogP contribution in [0.1, 0.15) is 5.69 Å². The minimum atomic E-state index is -0.580. The maximum absolute atomic E-state index is 11.4. The van der Waals surface area contributed by atoms with Gasteiger partial charge in [-0.05, 0) is 12.1 Å². The van der Waals surface area contributed by atoms with Crippen LogP contribution in [0, 0.1) is 0 Å². The Hall–Kier alpha value is -1.88. The summed E-state index contributed by atoms with van der Waals surface area (Å²) >= 11 is 5.63. The van der Waals surface area contributed by atoms with Gasteiger partial charge < -0.3 is 0 Å². The molecule has 2 heterocycles. The van der Waals surface area contributed by atoms with E-state index in [1.165, 1.54) is 10.8 Å². The Labute approximate surface area is 95.3 Å². The van der Waals surface area contributed by atoms with Crippen LogP contribution in [-0.4, -0.2) is 14.5 Å². The van der Waals surface area contributed by atoms with E-state index < -0.39 is 11.2 Å². The highest BCUT2D eigenvalue weighted by Gasteiger charge is 2.03. The van der Waals surface area contributed by atoms with Crippen LogP contribution in [0.2, 0.25) is 5.02 Å². The topological polar surface area (TPSA) is 67.8 Å². The fourth-order valence-electron chi connectivity index (χ4n) is 1.27. The molecule has 0 atom stereocenters. The molecule has 0 aliphatic carbocycles. The lowest BCUT2D eigenvalue weighted by Gasteiger charge is -2.03. The summed E-state index contributed by atoms with van der Waals surface area (Å²) in [7, 11) is 0. The number of hydrogen-bond acceptors (Lipinski definition) is 3. The molecule has 0 bridgehead atoms. The zero-order valence-electron chi connectivity index (χ0n) is 8.18. The molecule has 82 valence electrons.